The zero-order valence-corrected chi connectivity index (χ0v) is 11.5. The second kappa shape index (κ2) is 5.73. The average Bonchev–Trinajstić information content (AvgIpc) is 2.79. The molecular weight excluding hydrogens is 293 g/mol. The quantitative estimate of drug-likeness (QED) is 0.859. The third-order valence-electron chi connectivity index (χ3n) is 3.16. The average molecular weight is 308 g/mol. The second-order valence-corrected chi connectivity index (χ2v) is 6.95. The highest BCUT2D eigenvalue weighted by Gasteiger charge is 2.34. The Morgan fingerprint density at radius 2 is 1.95 bits per heavy atom. The minimum Gasteiger partial charge on any atom is -0.377 e. The van der Waals surface area contributed by atoms with Gasteiger partial charge in [0.15, 0.2) is 9.84 Å². The van der Waals surface area contributed by atoms with Crippen LogP contribution in [0, 0.1) is 0 Å². The normalized spacial score (nSPS) is 20.2. The van der Waals surface area contributed by atoms with E-state index in [1.807, 2.05) is 0 Å². The zero-order chi connectivity index (χ0) is 14.8. The van der Waals surface area contributed by atoms with Gasteiger partial charge in [0.2, 0.25) is 0 Å². The lowest BCUT2D eigenvalue weighted by Crippen LogP contribution is -2.22. The van der Waals surface area contributed by atoms with Gasteiger partial charge in [-0.1, -0.05) is 18.2 Å². The van der Waals surface area contributed by atoms with Crippen molar-refractivity contribution < 1.29 is 26.3 Å². The van der Waals surface area contributed by atoms with Crippen LogP contribution in [0.4, 0.5) is 13.2 Å². The summed E-state index contributed by atoms with van der Waals surface area (Å²) in [5, 5.41) is 0. The van der Waals surface area contributed by atoms with Crippen LogP contribution in [0.3, 0.4) is 0 Å². The van der Waals surface area contributed by atoms with E-state index < -0.39 is 33.4 Å². The largest absolute Gasteiger partial charge is 0.416 e. The number of hydrogen-bond acceptors (Lipinski definition) is 3. The van der Waals surface area contributed by atoms with Crippen molar-refractivity contribution in [2.24, 2.45) is 0 Å². The first-order valence-electron chi connectivity index (χ1n) is 6.25. The molecule has 0 amide bonds. The highest BCUT2D eigenvalue weighted by molar-refractivity contribution is 7.90. The van der Waals surface area contributed by atoms with Crippen LogP contribution < -0.4 is 0 Å². The highest BCUT2D eigenvalue weighted by atomic mass is 32.2. The zero-order valence-electron chi connectivity index (χ0n) is 10.7. The fourth-order valence-corrected chi connectivity index (χ4v) is 3.95. The summed E-state index contributed by atoms with van der Waals surface area (Å²) in [5.41, 5.74) is -1.10. The van der Waals surface area contributed by atoms with Gasteiger partial charge >= 0.3 is 6.18 Å². The molecule has 1 atom stereocenters. The van der Waals surface area contributed by atoms with Gasteiger partial charge in [0.1, 0.15) is 0 Å². The van der Waals surface area contributed by atoms with Crippen LogP contribution in [0.2, 0.25) is 0 Å². The van der Waals surface area contributed by atoms with E-state index in [4.69, 9.17) is 4.74 Å². The van der Waals surface area contributed by atoms with E-state index in [1.54, 1.807) is 0 Å². The lowest BCUT2D eigenvalue weighted by Gasteiger charge is -2.14. The van der Waals surface area contributed by atoms with Crippen molar-refractivity contribution in [1.29, 1.82) is 0 Å². The molecule has 0 spiro atoms. The van der Waals surface area contributed by atoms with Gasteiger partial charge in [-0.15, -0.1) is 0 Å². The van der Waals surface area contributed by atoms with Crippen molar-refractivity contribution >= 4 is 9.84 Å². The van der Waals surface area contributed by atoms with Crippen molar-refractivity contribution in [1.82, 2.24) is 0 Å². The summed E-state index contributed by atoms with van der Waals surface area (Å²) in [6, 6.07) is 4.76. The Hall–Kier alpha value is -1.08. The standard InChI is InChI=1S/C13H15F3O3S/c14-13(15,16)12-6-2-1-4-10(12)8-20(17,18)9-11-5-3-7-19-11/h1-2,4,6,11H,3,5,7-9H2/t11-/m0/s1. The van der Waals surface area contributed by atoms with E-state index in [0.717, 1.165) is 12.5 Å². The molecule has 0 unspecified atom stereocenters. The van der Waals surface area contributed by atoms with Crippen molar-refractivity contribution in [3.63, 3.8) is 0 Å². The van der Waals surface area contributed by atoms with Crippen LogP contribution in [0.5, 0.6) is 0 Å². The van der Waals surface area contributed by atoms with Crippen LogP contribution in [-0.2, 0) is 26.5 Å². The van der Waals surface area contributed by atoms with E-state index in [9.17, 15) is 21.6 Å². The Morgan fingerprint density at radius 1 is 1.25 bits per heavy atom. The van der Waals surface area contributed by atoms with Gasteiger partial charge in [0.25, 0.3) is 0 Å². The topological polar surface area (TPSA) is 43.4 Å². The lowest BCUT2D eigenvalue weighted by atomic mass is 10.1. The van der Waals surface area contributed by atoms with Crippen LogP contribution in [0.1, 0.15) is 24.0 Å². The Balaban J connectivity index is 2.16. The van der Waals surface area contributed by atoms with E-state index >= 15 is 0 Å². The molecule has 3 nitrogen and oxygen atoms in total. The van der Waals surface area contributed by atoms with Crippen molar-refractivity contribution in [3.05, 3.63) is 35.4 Å². The Bertz CT molecular complexity index is 560. The smallest absolute Gasteiger partial charge is 0.377 e. The summed E-state index contributed by atoms with van der Waals surface area (Å²) in [6.07, 6.45) is -3.51. The SMILES string of the molecule is O=S(=O)(Cc1ccccc1C(F)(F)F)C[C@@H]1CCCO1. The molecule has 20 heavy (non-hydrogen) atoms. The molecule has 1 aliphatic heterocycles. The fourth-order valence-electron chi connectivity index (χ4n) is 2.28. The summed E-state index contributed by atoms with van der Waals surface area (Å²) in [5.74, 6) is -0.832. The summed E-state index contributed by atoms with van der Waals surface area (Å²) in [4.78, 5) is 0. The molecule has 0 N–H and O–H groups in total. The van der Waals surface area contributed by atoms with Crippen LogP contribution in [-0.4, -0.2) is 26.9 Å². The molecule has 0 aliphatic carbocycles. The number of alkyl halides is 3. The minimum atomic E-state index is -4.55. The van der Waals surface area contributed by atoms with E-state index in [-0.39, 0.29) is 11.3 Å². The Labute approximate surface area is 115 Å². The summed E-state index contributed by atoms with van der Waals surface area (Å²) in [6.45, 7) is 0.513. The molecule has 1 aliphatic rings. The molecule has 0 radical (unpaired) electrons. The van der Waals surface area contributed by atoms with Gasteiger partial charge in [-0.3, -0.25) is 0 Å². The van der Waals surface area contributed by atoms with E-state index in [1.165, 1.54) is 18.2 Å². The third kappa shape index (κ3) is 3.96. The predicted molar refractivity (Wildman–Crippen MR) is 67.9 cm³/mol. The van der Waals surface area contributed by atoms with Crippen LogP contribution >= 0.6 is 0 Å². The monoisotopic (exact) mass is 308 g/mol. The van der Waals surface area contributed by atoms with Gasteiger partial charge < -0.3 is 4.74 Å². The maximum atomic E-state index is 12.8. The van der Waals surface area contributed by atoms with Gasteiger partial charge in [0.05, 0.1) is 23.2 Å². The molecule has 0 bridgehead atoms. The lowest BCUT2D eigenvalue weighted by molar-refractivity contribution is -0.138. The maximum absolute atomic E-state index is 12.8. The third-order valence-corrected chi connectivity index (χ3v) is 4.79. The summed E-state index contributed by atoms with van der Waals surface area (Å²) in [7, 11) is -3.63. The van der Waals surface area contributed by atoms with E-state index in [0.29, 0.717) is 13.0 Å². The predicted octanol–water partition coefficient (Wildman–Crippen LogP) is 2.80. The molecule has 112 valence electrons. The molecule has 1 saturated heterocycles. The molecule has 1 aromatic carbocycles. The number of sulfone groups is 1. The van der Waals surface area contributed by atoms with Crippen molar-refractivity contribution in [2.45, 2.75) is 30.9 Å². The van der Waals surface area contributed by atoms with Gasteiger partial charge in [-0.25, -0.2) is 8.42 Å². The van der Waals surface area contributed by atoms with Crippen LogP contribution in [0.15, 0.2) is 24.3 Å². The number of benzene rings is 1. The molecule has 0 saturated carbocycles. The fraction of sp³-hybridized carbons (Fsp3) is 0.538. The molecule has 7 heteroatoms. The first-order chi connectivity index (χ1) is 9.28. The molecule has 1 fully saturated rings. The minimum absolute atomic E-state index is 0.210. The van der Waals surface area contributed by atoms with Crippen molar-refractivity contribution in [3.8, 4) is 0 Å². The Kier molecular flexibility index (Phi) is 4.39. The molecular formula is C13H15F3O3S. The van der Waals surface area contributed by atoms with Gasteiger partial charge in [0, 0.05) is 6.61 Å². The second-order valence-electron chi connectivity index (χ2n) is 4.84. The van der Waals surface area contributed by atoms with Crippen LogP contribution in [0.25, 0.3) is 0 Å². The first kappa shape index (κ1) is 15.3. The van der Waals surface area contributed by atoms with Gasteiger partial charge in [-0.05, 0) is 24.5 Å². The number of halogens is 3. The van der Waals surface area contributed by atoms with Crippen molar-refractivity contribution in [2.75, 3.05) is 12.4 Å². The summed E-state index contributed by atoms with van der Waals surface area (Å²) < 4.78 is 67.6. The highest BCUT2D eigenvalue weighted by Crippen LogP contribution is 2.32. The number of rotatable bonds is 4. The summed E-state index contributed by atoms with van der Waals surface area (Å²) >= 11 is 0. The molecule has 0 aromatic heterocycles. The first-order valence-corrected chi connectivity index (χ1v) is 8.07. The molecule has 1 aromatic rings. The molecule has 2 rings (SSSR count). The Morgan fingerprint density at radius 3 is 2.55 bits per heavy atom. The number of hydrogen-bond donors (Lipinski definition) is 0. The maximum Gasteiger partial charge on any atom is 0.416 e. The van der Waals surface area contributed by atoms with E-state index in [2.05, 4.69) is 0 Å². The molecule has 1 heterocycles. The van der Waals surface area contributed by atoms with Gasteiger partial charge in [-0.2, -0.15) is 13.2 Å². The number of ether oxygens (including phenoxy) is 1.